The van der Waals surface area contributed by atoms with Crippen molar-refractivity contribution in [3.05, 3.63) is 53.7 Å². The number of benzene rings is 2. The van der Waals surface area contributed by atoms with Crippen LogP contribution in [0.2, 0.25) is 0 Å². The summed E-state index contributed by atoms with van der Waals surface area (Å²) in [6.45, 7) is 1.53. The Morgan fingerprint density at radius 3 is 2.73 bits per heavy atom. The number of Topliss-reactive ketones (excluding diaryl/α,β-unsaturated/α-hetero) is 1. The lowest BCUT2D eigenvalue weighted by Gasteiger charge is -2.34. The summed E-state index contributed by atoms with van der Waals surface area (Å²) in [5.74, 6) is -1.04. The van der Waals surface area contributed by atoms with Gasteiger partial charge in [-0.2, -0.15) is 13.2 Å². The first-order chi connectivity index (χ1) is 14.3. The van der Waals surface area contributed by atoms with Gasteiger partial charge < -0.3 is 9.88 Å². The Morgan fingerprint density at radius 2 is 1.93 bits per heavy atom. The molecule has 152 valence electrons. The molecule has 0 bridgehead atoms. The van der Waals surface area contributed by atoms with Crippen molar-refractivity contribution in [1.29, 1.82) is 5.41 Å². The van der Waals surface area contributed by atoms with Crippen LogP contribution in [0.15, 0.2) is 52.5 Å². The van der Waals surface area contributed by atoms with Crippen LogP contribution in [-0.4, -0.2) is 45.9 Å². The Labute approximate surface area is 173 Å². The van der Waals surface area contributed by atoms with E-state index in [1.54, 1.807) is 12.1 Å². The topological polar surface area (TPSA) is 72.3 Å². The van der Waals surface area contributed by atoms with Gasteiger partial charge in [-0.05, 0) is 35.7 Å². The Balaban J connectivity index is 1.54. The highest BCUT2D eigenvalue weighted by Crippen LogP contribution is 2.37. The summed E-state index contributed by atoms with van der Waals surface area (Å²) in [5, 5.41) is 8.98. The van der Waals surface area contributed by atoms with E-state index in [0.29, 0.717) is 10.7 Å². The number of ketones is 1. The Kier molecular flexibility index (Phi) is 4.25. The van der Waals surface area contributed by atoms with Crippen molar-refractivity contribution >= 4 is 39.5 Å². The third-order valence-corrected chi connectivity index (χ3v) is 6.22. The highest BCUT2D eigenvalue weighted by Gasteiger charge is 2.40. The predicted octanol–water partition coefficient (Wildman–Crippen LogP) is 5.07. The number of hydrogen-bond acceptors (Lipinski definition) is 4. The van der Waals surface area contributed by atoms with Gasteiger partial charge in [-0.15, -0.1) is 0 Å². The molecule has 2 aliphatic rings. The van der Waals surface area contributed by atoms with Crippen molar-refractivity contribution in [2.45, 2.75) is 17.5 Å². The third-order valence-electron chi connectivity index (χ3n) is 5.25. The summed E-state index contributed by atoms with van der Waals surface area (Å²) in [4.78, 5) is 21.8. The fourth-order valence-electron chi connectivity index (χ4n) is 3.81. The van der Waals surface area contributed by atoms with Crippen LogP contribution in [0.4, 0.5) is 13.2 Å². The summed E-state index contributed by atoms with van der Waals surface area (Å²) in [6.07, 6.45) is -2.89. The number of alkyl halides is 3. The lowest BCUT2D eigenvalue weighted by Crippen LogP contribution is -2.42. The van der Waals surface area contributed by atoms with E-state index in [0.717, 1.165) is 53.1 Å². The van der Waals surface area contributed by atoms with Gasteiger partial charge in [-0.1, -0.05) is 30.0 Å². The number of amidine groups is 2. The third kappa shape index (κ3) is 3.00. The van der Waals surface area contributed by atoms with Gasteiger partial charge in [0.1, 0.15) is 5.84 Å². The average molecular weight is 428 g/mol. The molecule has 0 saturated heterocycles. The van der Waals surface area contributed by atoms with Crippen LogP contribution in [-0.2, 0) is 0 Å². The van der Waals surface area contributed by atoms with Crippen molar-refractivity contribution < 1.29 is 18.0 Å². The second-order valence-electron chi connectivity index (χ2n) is 7.12. The van der Waals surface area contributed by atoms with Gasteiger partial charge in [0.25, 0.3) is 5.78 Å². The standard InChI is InChI=1S/C21H15F3N4OS/c22-21(23,24)18(29)15-10-27-16-8-11(2-4-13(15)16)12-3-5-14-17(9-12)30-20(25)28-7-1-6-26-19(14)28/h2-5,8-10,25,27H,1,6-7H2. The van der Waals surface area contributed by atoms with Gasteiger partial charge in [0, 0.05) is 40.6 Å². The molecule has 0 aliphatic carbocycles. The minimum Gasteiger partial charge on any atom is -0.360 e. The van der Waals surface area contributed by atoms with Gasteiger partial charge >= 0.3 is 6.18 Å². The molecule has 30 heavy (non-hydrogen) atoms. The van der Waals surface area contributed by atoms with E-state index in [9.17, 15) is 18.0 Å². The van der Waals surface area contributed by atoms with Crippen molar-refractivity contribution in [3.63, 3.8) is 0 Å². The first-order valence-electron chi connectivity index (χ1n) is 9.29. The molecule has 0 unspecified atom stereocenters. The summed E-state index contributed by atoms with van der Waals surface area (Å²) in [6, 6.07) is 10.8. The molecule has 5 rings (SSSR count). The number of rotatable bonds is 2. The van der Waals surface area contributed by atoms with E-state index in [1.165, 1.54) is 17.8 Å². The fourth-order valence-corrected chi connectivity index (χ4v) is 4.76. The van der Waals surface area contributed by atoms with Crippen LogP contribution in [0.1, 0.15) is 22.3 Å². The first kappa shape index (κ1) is 18.9. The average Bonchev–Trinajstić information content (AvgIpc) is 3.15. The zero-order chi connectivity index (χ0) is 21.0. The number of halogens is 3. The van der Waals surface area contributed by atoms with E-state index in [4.69, 9.17) is 5.41 Å². The number of carbonyl (C=O) groups excluding carboxylic acids is 1. The van der Waals surface area contributed by atoms with Crippen LogP contribution >= 0.6 is 11.8 Å². The van der Waals surface area contributed by atoms with E-state index >= 15 is 0 Å². The number of aromatic amines is 1. The minimum atomic E-state index is -4.91. The van der Waals surface area contributed by atoms with Gasteiger partial charge in [0.2, 0.25) is 0 Å². The monoisotopic (exact) mass is 428 g/mol. The molecular formula is C21H15F3N4OS. The number of nitrogens with one attached hydrogen (secondary N) is 2. The molecule has 2 aromatic carbocycles. The molecule has 0 atom stereocenters. The van der Waals surface area contributed by atoms with Gasteiger partial charge in [-0.3, -0.25) is 15.2 Å². The normalized spacial score (nSPS) is 16.3. The molecule has 3 aromatic rings. The Hall–Kier alpha value is -3.07. The van der Waals surface area contributed by atoms with Crippen LogP contribution < -0.4 is 0 Å². The van der Waals surface area contributed by atoms with Crippen LogP contribution in [0.25, 0.3) is 22.0 Å². The summed E-state index contributed by atoms with van der Waals surface area (Å²) in [5.41, 5.74) is 2.74. The number of hydrogen-bond donors (Lipinski definition) is 2. The Morgan fingerprint density at radius 1 is 1.17 bits per heavy atom. The van der Waals surface area contributed by atoms with Crippen LogP contribution in [0.3, 0.4) is 0 Å². The summed E-state index contributed by atoms with van der Waals surface area (Å²) < 4.78 is 38.4. The minimum absolute atomic E-state index is 0.238. The molecule has 3 heterocycles. The van der Waals surface area contributed by atoms with Crippen molar-refractivity contribution in [1.82, 2.24) is 9.88 Å². The lowest BCUT2D eigenvalue weighted by atomic mass is 10.0. The fraction of sp³-hybridized carbons (Fsp3) is 0.190. The predicted molar refractivity (Wildman–Crippen MR) is 110 cm³/mol. The van der Waals surface area contributed by atoms with Gasteiger partial charge in [0.05, 0.1) is 5.56 Å². The molecular weight excluding hydrogens is 413 g/mol. The van der Waals surface area contributed by atoms with E-state index in [2.05, 4.69) is 9.98 Å². The SMILES string of the molecule is N=C1Sc2cc(-c3ccc4c(C(=O)C(F)(F)F)c[nH]c4c3)ccc2C2=NCCCN12. The maximum absolute atomic E-state index is 12.8. The molecule has 2 N–H and O–H groups in total. The first-order valence-corrected chi connectivity index (χ1v) is 10.1. The quantitative estimate of drug-likeness (QED) is 0.560. The number of nitrogens with zero attached hydrogens (tertiary/aromatic N) is 2. The molecule has 9 heteroatoms. The second kappa shape index (κ2) is 6.73. The lowest BCUT2D eigenvalue weighted by molar-refractivity contribution is -0.0884. The van der Waals surface area contributed by atoms with Crippen molar-refractivity contribution in [3.8, 4) is 11.1 Å². The molecule has 5 nitrogen and oxygen atoms in total. The largest absolute Gasteiger partial charge is 0.454 e. The van der Waals surface area contributed by atoms with E-state index in [-0.39, 0.29) is 10.9 Å². The van der Waals surface area contributed by atoms with E-state index in [1.807, 2.05) is 23.1 Å². The molecule has 0 saturated carbocycles. The summed E-state index contributed by atoms with van der Waals surface area (Å²) in [7, 11) is 0. The molecule has 0 amide bonds. The maximum Gasteiger partial charge on any atom is 0.454 e. The highest BCUT2D eigenvalue weighted by molar-refractivity contribution is 8.14. The number of fused-ring (bicyclic) bond motifs is 4. The smallest absolute Gasteiger partial charge is 0.360 e. The number of thioether (sulfide) groups is 1. The number of H-pyrrole nitrogens is 1. The van der Waals surface area contributed by atoms with Crippen LogP contribution in [0, 0.1) is 5.41 Å². The Bertz CT molecular complexity index is 1240. The molecule has 1 aromatic heterocycles. The molecule has 0 fully saturated rings. The zero-order valence-electron chi connectivity index (χ0n) is 15.5. The van der Waals surface area contributed by atoms with E-state index < -0.39 is 12.0 Å². The molecule has 0 spiro atoms. The zero-order valence-corrected chi connectivity index (χ0v) is 16.3. The maximum atomic E-state index is 12.8. The second-order valence-corrected chi connectivity index (χ2v) is 8.15. The number of aliphatic imine (C=N–C) groups is 1. The van der Waals surface area contributed by atoms with Gasteiger partial charge in [-0.25, -0.2) is 0 Å². The van der Waals surface area contributed by atoms with Crippen LogP contribution in [0.5, 0.6) is 0 Å². The highest BCUT2D eigenvalue weighted by atomic mass is 32.2. The number of aromatic nitrogens is 1. The van der Waals surface area contributed by atoms with Crippen molar-refractivity contribution in [2.24, 2.45) is 4.99 Å². The number of carbonyl (C=O) groups is 1. The van der Waals surface area contributed by atoms with Gasteiger partial charge in [0.15, 0.2) is 5.17 Å². The summed E-state index contributed by atoms with van der Waals surface area (Å²) >= 11 is 1.37. The van der Waals surface area contributed by atoms with Crippen molar-refractivity contribution in [2.75, 3.05) is 13.1 Å². The molecule has 2 aliphatic heterocycles. The molecule has 0 radical (unpaired) electrons.